The zero-order valence-electron chi connectivity index (χ0n) is 3.27. The minimum atomic E-state index is 0.593. The van der Waals surface area contributed by atoms with Crippen molar-refractivity contribution in [2.45, 2.75) is 0 Å². The normalized spacial score (nSPS) is 8.83. The molecule has 0 aromatic carbocycles. The Bertz CT molecular complexity index is 107. The molecule has 1 rings (SSSR count). The van der Waals surface area contributed by atoms with Gasteiger partial charge < -0.3 is 4.42 Å². The molecular formula is C5H4O. The molecule has 1 aromatic rings. The van der Waals surface area contributed by atoms with Crippen molar-refractivity contribution in [1.29, 1.82) is 0 Å². The van der Waals surface area contributed by atoms with E-state index in [0.717, 1.165) is 0 Å². The Balaban J connectivity index is 3.05. The third-order valence-electron chi connectivity index (χ3n) is 0.523. The van der Waals surface area contributed by atoms with E-state index in [2.05, 4.69) is 17.4 Å². The summed E-state index contributed by atoms with van der Waals surface area (Å²) in [6.07, 6.45) is 1.54. The van der Waals surface area contributed by atoms with Crippen LogP contribution in [0.5, 0.6) is 0 Å². The van der Waals surface area contributed by atoms with Crippen LogP contribution in [0.4, 0.5) is 0 Å². The first-order chi connectivity index (χ1) is 2.89. The molecule has 1 heteroatoms. The summed E-state index contributed by atoms with van der Waals surface area (Å²) in [5, 5.41) is 0. The van der Waals surface area contributed by atoms with Gasteiger partial charge in [0.15, 0.2) is 0 Å². The molecule has 30 valence electrons. The predicted octanol–water partition coefficient (Wildman–Crippen LogP) is 1.26. The second kappa shape index (κ2) is 1.17. The molecule has 0 aliphatic heterocycles. The van der Waals surface area contributed by atoms with Gasteiger partial charge in [0, 0.05) is 13.0 Å². The summed E-state index contributed by atoms with van der Waals surface area (Å²) >= 11 is 0. The first-order valence-electron chi connectivity index (χ1n) is 1.67. The van der Waals surface area contributed by atoms with Gasteiger partial charge in [0.25, 0.3) is 0 Å². The van der Waals surface area contributed by atoms with Crippen LogP contribution in [-0.4, -0.2) is 0 Å². The largest absolute Gasteiger partial charge is 0.469 e. The summed E-state index contributed by atoms with van der Waals surface area (Å²) < 4.78 is 4.67. The van der Waals surface area contributed by atoms with E-state index in [-0.39, 0.29) is 0 Å². The van der Waals surface area contributed by atoms with E-state index in [1.54, 1.807) is 12.3 Å². The van der Waals surface area contributed by atoms with Crippen molar-refractivity contribution >= 4 is 0 Å². The molecule has 0 fully saturated rings. The highest BCUT2D eigenvalue weighted by Gasteiger charge is 1.77. The highest BCUT2D eigenvalue weighted by Crippen LogP contribution is 1.92. The molecule has 0 aliphatic rings. The summed E-state index contributed by atoms with van der Waals surface area (Å²) in [6, 6.07) is 4.41. The van der Waals surface area contributed by atoms with Gasteiger partial charge in [-0.3, -0.25) is 0 Å². The second-order valence-electron chi connectivity index (χ2n) is 0.988. The van der Waals surface area contributed by atoms with Crippen molar-refractivity contribution in [3.05, 3.63) is 31.1 Å². The van der Waals surface area contributed by atoms with Crippen molar-refractivity contribution in [3.8, 4) is 0 Å². The van der Waals surface area contributed by atoms with E-state index >= 15 is 0 Å². The van der Waals surface area contributed by atoms with Gasteiger partial charge in [-0.2, -0.15) is 0 Å². The van der Waals surface area contributed by atoms with Gasteiger partial charge in [0.2, 0.25) is 0 Å². The van der Waals surface area contributed by atoms with Crippen LogP contribution >= 0.6 is 0 Å². The van der Waals surface area contributed by atoms with Crippen LogP contribution in [0, 0.1) is 13.0 Å². The molecule has 0 unspecified atom stereocenters. The van der Waals surface area contributed by atoms with E-state index in [9.17, 15) is 0 Å². The fourth-order valence-corrected chi connectivity index (χ4v) is 0.277. The Morgan fingerprint density at radius 2 is 2.67 bits per heavy atom. The lowest BCUT2D eigenvalue weighted by Gasteiger charge is -1.67. The standard InChI is InChI=1S/C5H4O/c1-5-3-2-4-6-5/h2,4H,1H2. The zero-order chi connectivity index (χ0) is 4.41. The summed E-state index contributed by atoms with van der Waals surface area (Å²) in [5.74, 6) is 0.593. The van der Waals surface area contributed by atoms with E-state index < -0.39 is 0 Å². The Hall–Kier alpha value is -0.720. The summed E-state index contributed by atoms with van der Waals surface area (Å²) in [4.78, 5) is 0. The van der Waals surface area contributed by atoms with Crippen molar-refractivity contribution in [2.24, 2.45) is 0 Å². The van der Waals surface area contributed by atoms with Gasteiger partial charge in [-0.25, -0.2) is 0 Å². The van der Waals surface area contributed by atoms with Crippen LogP contribution in [0.3, 0.4) is 0 Å². The monoisotopic (exact) mass is 80.0 g/mol. The Morgan fingerprint density at radius 3 is 2.83 bits per heavy atom. The van der Waals surface area contributed by atoms with E-state index in [0.29, 0.717) is 5.76 Å². The maximum absolute atomic E-state index is 4.67. The Morgan fingerprint density at radius 1 is 1.83 bits per heavy atom. The van der Waals surface area contributed by atoms with Crippen molar-refractivity contribution in [1.82, 2.24) is 0 Å². The summed E-state index contributed by atoms with van der Waals surface area (Å²) in [6.45, 7) is 3.46. The third kappa shape index (κ3) is 0.432. The molecule has 0 aliphatic carbocycles. The molecule has 0 amide bonds. The van der Waals surface area contributed by atoms with Gasteiger partial charge in [0.05, 0.1) is 6.26 Å². The minimum absolute atomic E-state index is 0.593. The summed E-state index contributed by atoms with van der Waals surface area (Å²) in [5.41, 5.74) is 0. The quantitative estimate of drug-likeness (QED) is 0.457. The molecule has 0 N–H and O–H groups in total. The maximum atomic E-state index is 4.67. The average molecular weight is 80.1 g/mol. The highest BCUT2D eigenvalue weighted by atomic mass is 16.3. The molecule has 0 saturated heterocycles. The van der Waals surface area contributed by atoms with Gasteiger partial charge >= 0.3 is 0 Å². The lowest BCUT2D eigenvalue weighted by Crippen LogP contribution is -1.49. The zero-order valence-corrected chi connectivity index (χ0v) is 3.27. The van der Waals surface area contributed by atoms with Crippen LogP contribution in [0.25, 0.3) is 0 Å². The third-order valence-corrected chi connectivity index (χ3v) is 0.523. The fourth-order valence-electron chi connectivity index (χ4n) is 0.277. The molecule has 1 nitrogen and oxygen atoms in total. The summed E-state index contributed by atoms with van der Waals surface area (Å²) in [7, 11) is 0. The van der Waals surface area contributed by atoms with Crippen LogP contribution in [0.2, 0.25) is 0 Å². The lowest BCUT2D eigenvalue weighted by molar-refractivity contribution is 0.548. The lowest BCUT2D eigenvalue weighted by atomic mass is 10.5. The topological polar surface area (TPSA) is 13.1 Å². The van der Waals surface area contributed by atoms with Crippen molar-refractivity contribution < 1.29 is 4.42 Å². The SMILES string of the molecule is [CH2]c1[c]cco1. The fraction of sp³-hybridized carbons (Fsp3) is 0. The molecule has 1 heterocycles. The van der Waals surface area contributed by atoms with E-state index in [4.69, 9.17) is 0 Å². The number of hydrogen-bond acceptors (Lipinski definition) is 1. The molecule has 0 spiro atoms. The Labute approximate surface area is 36.6 Å². The molecule has 6 heavy (non-hydrogen) atoms. The van der Waals surface area contributed by atoms with Gasteiger partial charge in [-0.05, 0) is 6.07 Å². The smallest absolute Gasteiger partial charge is 0.112 e. The van der Waals surface area contributed by atoms with Crippen LogP contribution in [-0.2, 0) is 0 Å². The van der Waals surface area contributed by atoms with Crippen molar-refractivity contribution in [2.75, 3.05) is 0 Å². The highest BCUT2D eigenvalue weighted by molar-refractivity contribution is 4.97. The molecule has 0 atom stereocenters. The van der Waals surface area contributed by atoms with Gasteiger partial charge in [-0.1, -0.05) is 0 Å². The van der Waals surface area contributed by atoms with Crippen molar-refractivity contribution in [3.63, 3.8) is 0 Å². The predicted molar refractivity (Wildman–Crippen MR) is 22.0 cm³/mol. The van der Waals surface area contributed by atoms with E-state index in [1.165, 1.54) is 0 Å². The van der Waals surface area contributed by atoms with Gasteiger partial charge in [0.1, 0.15) is 5.76 Å². The maximum Gasteiger partial charge on any atom is 0.112 e. The number of hydrogen-bond donors (Lipinski definition) is 0. The molecule has 1 aromatic heterocycles. The van der Waals surface area contributed by atoms with Crippen LogP contribution < -0.4 is 0 Å². The number of rotatable bonds is 0. The molecular weight excluding hydrogens is 76.1 g/mol. The minimum Gasteiger partial charge on any atom is -0.469 e. The van der Waals surface area contributed by atoms with E-state index in [1.807, 2.05) is 0 Å². The molecule has 0 bridgehead atoms. The second-order valence-corrected chi connectivity index (χ2v) is 0.988. The number of furan rings is 1. The molecule has 2 radical (unpaired) electrons. The Kier molecular flexibility index (Phi) is 0.675. The average Bonchev–Trinajstić information content (AvgIpc) is 1.86. The van der Waals surface area contributed by atoms with Crippen LogP contribution in [0.1, 0.15) is 5.76 Å². The molecule has 0 saturated carbocycles. The first kappa shape index (κ1) is 3.47. The van der Waals surface area contributed by atoms with Gasteiger partial charge in [-0.15, -0.1) is 0 Å². The van der Waals surface area contributed by atoms with Crippen LogP contribution in [0.15, 0.2) is 16.7 Å². The first-order valence-corrected chi connectivity index (χ1v) is 1.67.